The van der Waals surface area contributed by atoms with Gasteiger partial charge in [0.25, 0.3) is 5.91 Å². The third kappa shape index (κ3) is 4.80. The van der Waals surface area contributed by atoms with Crippen LogP contribution in [0.5, 0.6) is 5.75 Å². The van der Waals surface area contributed by atoms with Crippen molar-refractivity contribution in [2.24, 2.45) is 0 Å². The molecule has 0 saturated carbocycles. The number of halogens is 1. The van der Waals surface area contributed by atoms with Gasteiger partial charge in [0, 0.05) is 15.5 Å². The number of rotatable bonds is 4. The normalized spacial score (nSPS) is 12.5. The van der Waals surface area contributed by atoms with Crippen molar-refractivity contribution in [3.63, 3.8) is 0 Å². The van der Waals surface area contributed by atoms with Crippen LogP contribution in [0, 0.1) is 6.92 Å². The summed E-state index contributed by atoms with van der Waals surface area (Å²) in [4.78, 5) is 25.1. The number of carbonyl (C=O) groups is 2. The molecule has 2 N–H and O–H groups in total. The SMILES string of the molecule is Cc1ccc(SCC(=O)NNC(=O)C2=Cc3cc(Cl)ccc3OC2)cc1. The minimum absolute atomic E-state index is 0.133. The van der Waals surface area contributed by atoms with Crippen LogP contribution in [0.15, 0.2) is 52.9 Å². The first-order valence-electron chi connectivity index (χ1n) is 7.93. The second kappa shape index (κ2) is 8.29. The molecule has 0 atom stereocenters. The summed E-state index contributed by atoms with van der Waals surface area (Å²) in [6.45, 7) is 2.14. The van der Waals surface area contributed by atoms with Gasteiger partial charge < -0.3 is 4.74 Å². The van der Waals surface area contributed by atoms with Crippen LogP contribution >= 0.6 is 23.4 Å². The van der Waals surface area contributed by atoms with Crippen molar-refractivity contribution in [3.8, 4) is 5.75 Å². The van der Waals surface area contributed by atoms with Crippen LogP contribution in [0.3, 0.4) is 0 Å². The zero-order chi connectivity index (χ0) is 18.5. The number of nitrogens with one attached hydrogen (secondary N) is 2. The monoisotopic (exact) mass is 388 g/mol. The quantitative estimate of drug-likeness (QED) is 0.622. The van der Waals surface area contributed by atoms with E-state index in [9.17, 15) is 9.59 Å². The highest BCUT2D eigenvalue weighted by atomic mass is 35.5. The molecule has 0 spiro atoms. The molecule has 1 aliphatic heterocycles. The number of carbonyl (C=O) groups excluding carboxylic acids is 2. The summed E-state index contributed by atoms with van der Waals surface area (Å²) in [7, 11) is 0. The average molecular weight is 389 g/mol. The molecule has 26 heavy (non-hydrogen) atoms. The molecule has 0 radical (unpaired) electrons. The Labute approximate surface area is 160 Å². The van der Waals surface area contributed by atoms with E-state index in [-0.39, 0.29) is 18.3 Å². The number of aryl methyl sites for hydroxylation is 1. The number of benzene rings is 2. The highest BCUT2D eigenvalue weighted by Gasteiger charge is 2.18. The standard InChI is InChI=1S/C19H17ClN2O3S/c1-12-2-5-16(6-3-12)26-11-18(23)21-22-19(24)14-8-13-9-15(20)4-7-17(13)25-10-14/h2-9H,10-11H2,1H3,(H,21,23)(H,22,24). The molecule has 0 saturated heterocycles. The molecule has 0 aliphatic carbocycles. The maximum Gasteiger partial charge on any atom is 0.269 e. The van der Waals surface area contributed by atoms with Crippen molar-refractivity contribution in [1.82, 2.24) is 10.9 Å². The van der Waals surface area contributed by atoms with Crippen LogP contribution in [0.4, 0.5) is 0 Å². The number of ether oxygens (including phenoxy) is 1. The topological polar surface area (TPSA) is 67.4 Å². The lowest BCUT2D eigenvalue weighted by Gasteiger charge is -2.18. The van der Waals surface area contributed by atoms with Crippen LogP contribution in [0.25, 0.3) is 6.08 Å². The third-order valence-corrected chi connectivity index (χ3v) is 4.93. The molecular formula is C19H17ClN2O3S. The zero-order valence-corrected chi connectivity index (χ0v) is 15.6. The molecule has 2 amide bonds. The van der Waals surface area contributed by atoms with E-state index in [4.69, 9.17) is 16.3 Å². The predicted octanol–water partition coefficient (Wildman–Crippen LogP) is 3.36. The lowest BCUT2D eigenvalue weighted by molar-refractivity contribution is -0.125. The summed E-state index contributed by atoms with van der Waals surface area (Å²) in [6, 6.07) is 13.1. The average Bonchev–Trinajstić information content (AvgIpc) is 2.65. The van der Waals surface area contributed by atoms with Gasteiger partial charge in [0.2, 0.25) is 5.91 Å². The van der Waals surface area contributed by atoms with E-state index in [2.05, 4.69) is 10.9 Å². The first-order chi connectivity index (χ1) is 12.5. The van der Waals surface area contributed by atoms with Crippen LogP contribution in [-0.2, 0) is 9.59 Å². The van der Waals surface area contributed by atoms with Gasteiger partial charge in [-0.1, -0.05) is 29.3 Å². The lowest BCUT2D eigenvalue weighted by Crippen LogP contribution is -2.44. The van der Waals surface area contributed by atoms with Gasteiger partial charge >= 0.3 is 0 Å². The Hall–Kier alpha value is -2.44. The highest BCUT2D eigenvalue weighted by molar-refractivity contribution is 8.00. The van der Waals surface area contributed by atoms with Crippen molar-refractivity contribution in [2.45, 2.75) is 11.8 Å². The fourth-order valence-electron chi connectivity index (χ4n) is 2.31. The Morgan fingerprint density at radius 1 is 1.15 bits per heavy atom. The molecule has 3 rings (SSSR count). The minimum Gasteiger partial charge on any atom is -0.488 e. The molecule has 0 aromatic heterocycles. The molecule has 134 valence electrons. The van der Waals surface area contributed by atoms with Crippen LogP contribution in [0.1, 0.15) is 11.1 Å². The summed E-state index contributed by atoms with van der Waals surface area (Å²) < 4.78 is 5.53. The van der Waals surface area contributed by atoms with Gasteiger partial charge in [-0.2, -0.15) is 0 Å². The second-order valence-electron chi connectivity index (χ2n) is 5.74. The van der Waals surface area contributed by atoms with E-state index in [1.54, 1.807) is 24.3 Å². The van der Waals surface area contributed by atoms with E-state index in [0.29, 0.717) is 16.3 Å². The van der Waals surface area contributed by atoms with Gasteiger partial charge in [-0.15, -0.1) is 11.8 Å². The summed E-state index contributed by atoms with van der Waals surface area (Å²) in [5, 5.41) is 0.562. The summed E-state index contributed by atoms with van der Waals surface area (Å²) in [5.74, 6) is 0.177. The molecule has 0 bridgehead atoms. The Kier molecular flexibility index (Phi) is 5.85. The Morgan fingerprint density at radius 2 is 1.92 bits per heavy atom. The summed E-state index contributed by atoms with van der Waals surface area (Å²) in [5.41, 5.74) is 7.13. The van der Waals surface area contributed by atoms with Crippen molar-refractivity contribution in [3.05, 3.63) is 64.2 Å². The molecule has 5 nitrogen and oxygen atoms in total. The number of thioether (sulfide) groups is 1. The minimum atomic E-state index is -0.413. The van der Waals surface area contributed by atoms with Gasteiger partial charge in [0.1, 0.15) is 12.4 Å². The smallest absolute Gasteiger partial charge is 0.269 e. The molecule has 7 heteroatoms. The van der Waals surface area contributed by atoms with Crippen molar-refractivity contribution < 1.29 is 14.3 Å². The van der Waals surface area contributed by atoms with Crippen molar-refractivity contribution in [2.75, 3.05) is 12.4 Å². The fourth-order valence-corrected chi connectivity index (χ4v) is 3.18. The van der Waals surface area contributed by atoms with E-state index in [1.807, 2.05) is 31.2 Å². The first kappa shape index (κ1) is 18.4. The van der Waals surface area contributed by atoms with Crippen LogP contribution in [0.2, 0.25) is 5.02 Å². The summed E-state index contributed by atoms with van der Waals surface area (Å²) >= 11 is 7.36. The Morgan fingerprint density at radius 3 is 2.69 bits per heavy atom. The Balaban J connectivity index is 1.50. The zero-order valence-electron chi connectivity index (χ0n) is 14.0. The van der Waals surface area contributed by atoms with E-state index in [1.165, 1.54) is 11.8 Å². The number of fused-ring (bicyclic) bond motifs is 1. The summed E-state index contributed by atoms with van der Waals surface area (Å²) in [6.07, 6.45) is 1.70. The molecule has 2 aromatic rings. The number of hydrazine groups is 1. The molecule has 1 heterocycles. The molecule has 0 unspecified atom stereocenters. The van der Waals surface area contributed by atoms with Crippen LogP contribution in [-0.4, -0.2) is 24.2 Å². The van der Waals surface area contributed by atoms with Gasteiger partial charge in [0.05, 0.1) is 11.3 Å². The number of hydrogen-bond donors (Lipinski definition) is 2. The van der Waals surface area contributed by atoms with Crippen LogP contribution < -0.4 is 15.6 Å². The highest BCUT2D eigenvalue weighted by Crippen LogP contribution is 2.28. The second-order valence-corrected chi connectivity index (χ2v) is 7.23. The first-order valence-corrected chi connectivity index (χ1v) is 9.29. The van der Waals surface area contributed by atoms with Gasteiger partial charge in [-0.05, 0) is 43.3 Å². The lowest BCUT2D eigenvalue weighted by atomic mass is 10.1. The van der Waals surface area contributed by atoms with E-state index >= 15 is 0 Å². The van der Waals surface area contributed by atoms with Gasteiger partial charge in [-0.25, -0.2) is 0 Å². The van der Waals surface area contributed by atoms with Gasteiger partial charge in [0.15, 0.2) is 0 Å². The maximum atomic E-state index is 12.2. The number of amides is 2. The van der Waals surface area contributed by atoms with E-state index < -0.39 is 5.91 Å². The van der Waals surface area contributed by atoms with Crippen molar-refractivity contribution >= 4 is 41.3 Å². The molecule has 1 aliphatic rings. The number of hydrogen-bond acceptors (Lipinski definition) is 4. The molecular weight excluding hydrogens is 372 g/mol. The largest absolute Gasteiger partial charge is 0.488 e. The fraction of sp³-hybridized carbons (Fsp3) is 0.158. The van der Waals surface area contributed by atoms with Crippen molar-refractivity contribution in [1.29, 1.82) is 0 Å². The third-order valence-electron chi connectivity index (χ3n) is 3.68. The Bertz CT molecular complexity index is 866. The molecule has 0 fully saturated rings. The van der Waals surface area contributed by atoms with E-state index in [0.717, 1.165) is 16.0 Å². The maximum absolute atomic E-state index is 12.2. The predicted molar refractivity (Wildman–Crippen MR) is 103 cm³/mol. The van der Waals surface area contributed by atoms with Gasteiger partial charge in [-0.3, -0.25) is 20.4 Å². The molecule has 2 aromatic carbocycles.